The van der Waals surface area contributed by atoms with E-state index >= 15 is 0 Å². The molecule has 1 atom stereocenters. The van der Waals surface area contributed by atoms with Crippen LogP contribution in [0.1, 0.15) is 26.2 Å². The highest BCUT2D eigenvalue weighted by Crippen LogP contribution is 2.16. The zero-order chi connectivity index (χ0) is 9.68. The number of ketones is 1. The lowest BCUT2D eigenvalue weighted by Gasteiger charge is -2.16. The third kappa shape index (κ3) is 2.84. The van der Waals surface area contributed by atoms with Gasteiger partial charge in [0, 0.05) is 5.92 Å². The summed E-state index contributed by atoms with van der Waals surface area (Å²) in [5.41, 5.74) is 5.38. The number of nitrogens with two attached hydrogens (primary N) is 1. The number of ether oxygens (including phenoxy) is 1. The van der Waals surface area contributed by atoms with Crippen LogP contribution in [0.5, 0.6) is 0 Å². The first-order chi connectivity index (χ1) is 6.25. The van der Waals surface area contributed by atoms with Gasteiger partial charge in [0.25, 0.3) is 0 Å². The summed E-state index contributed by atoms with van der Waals surface area (Å²) in [7, 11) is 0. The highest BCUT2D eigenvalue weighted by molar-refractivity contribution is 5.95. The molecule has 3 nitrogen and oxygen atoms in total. The summed E-state index contributed by atoms with van der Waals surface area (Å²) in [5, 5.41) is 0. The predicted octanol–water partition coefficient (Wildman–Crippen LogP) is 1.23. The molecule has 3 heteroatoms. The Balaban J connectivity index is 2.50. The molecule has 0 aliphatic carbocycles. The number of rotatable bonds is 4. The van der Waals surface area contributed by atoms with Crippen molar-refractivity contribution in [1.29, 1.82) is 0 Å². The van der Waals surface area contributed by atoms with Crippen molar-refractivity contribution in [3.05, 3.63) is 11.8 Å². The van der Waals surface area contributed by atoms with E-state index in [1.807, 2.05) is 13.0 Å². The Morgan fingerprint density at radius 3 is 3.08 bits per heavy atom. The largest absolute Gasteiger partial charge is 0.490 e. The topological polar surface area (TPSA) is 52.3 Å². The van der Waals surface area contributed by atoms with Crippen LogP contribution >= 0.6 is 0 Å². The van der Waals surface area contributed by atoms with Crippen molar-refractivity contribution in [1.82, 2.24) is 0 Å². The van der Waals surface area contributed by atoms with E-state index in [-0.39, 0.29) is 11.7 Å². The van der Waals surface area contributed by atoms with E-state index < -0.39 is 0 Å². The predicted molar refractivity (Wildman–Crippen MR) is 51.1 cm³/mol. The van der Waals surface area contributed by atoms with Crippen molar-refractivity contribution < 1.29 is 9.53 Å². The van der Waals surface area contributed by atoms with Gasteiger partial charge in [0.15, 0.2) is 11.5 Å². The van der Waals surface area contributed by atoms with E-state index in [2.05, 4.69) is 0 Å². The van der Waals surface area contributed by atoms with Crippen molar-refractivity contribution in [2.75, 3.05) is 13.2 Å². The molecule has 2 N–H and O–H groups in total. The van der Waals surface area contributed by atoms with Gasteiger partial charge in [0.05, 0.1) is 6.61 Å². The second kappa shape index (κ2) is 5.02. The Labute approximate surface area is 78.9 Å². The number of hydrogen-bond donors (Lipinski definition) is 1. The fraction of sp³-hybridized carbons (Fsp3) is 0.700. The molecule has 0 aromatic rings. The fourth-order valence-electron chi connectivity index (χ4n) is 1.35. The molecule has 74 valence electrons. The van der Waals surface area contributed by atoms with Crippen molar-refractivity contribution in [2.24, 2.45) is 11.7 Å². The van der Waals surface area contributed by atoms with Crippen LogP contribution in [-0.4, -0.2) is 18.9 Å². The van der Waals surface area contributed by atoms with Crippen LogP contribution in [-0.2, 0) is 9.53 Å². The number of allylic oxidation sites excluding steroid dienone is 2. The zero-order valence-corrected chi connectivity index (χ0v) is 8.08. The second-order valence-electron chi connectivity index (χ2n) is 3.40. The molecule has 1 aliphatic heterocycles. The Kier molecular flexibility index (Phi) is 3.96. The molecule has 0 radical (unpaired) electrons. The molecule has 0 saturated carbocycles. The minimum absolute atomic E-state index is 0.00523. The molecular weight excluding hydrogens is 166 g/mol. The summed E-state index contributed by atoms with van der Waals surface area (Å²) in [6.07, 6.45) is 4.59. The Morgan fingerprint density at radius 2 is 2.54 bits per heavy atom. The molecule has 1 aliphatic rings. The van der Waals surface area contributed by atoms with E-state index in [4.69, 9.17) is 10.5 Å². The van der Waals surface area contributed by atoms with Gasteiger partial charge in [-0.2, -0.15) is 0 Å². The smallest absolute Gasteiger partial charge is 0.199 e. The van der Waals surface area contributed by atoms with Gasteiger partial charge in [0.2, 0.25) is 0 Å². The molecular formula is C10H17NO2. The van der Waals surface area contributed by atoms with Crippen LogP contribution in [0.3, 0.4) is 0 Å². The molecule has 0 amide bonds. The Hall–Kier alpha value is -0.830. The highest BCUT2D eigenvalue weighted by Gasteiger charge is 2.19. The van der Waals surface area contributed by atoms with Crippen molar-refractivity contribution in [3.63, 3.8) is 0 Å². The molecule has 0 spiro atoms. The van der Waals surface area contributed by atoms with Crippen LogP contribution in [0.25, 0.3) is 0 Å². The van der Waals surface area contributed by atoms with Crippen LogP contribution in [0.15, 0.2) is 11.8 Å². The zero-order valence-electron chi connectivity index (χ0n) is 8.08. The van der Waals surface area contributed by atoms with Crippen molar-refractivity contribution in [2.45, 2.75) is 26.2 Å². The third-order valence-electron chi connectivity index (χ3n) is 2.23. The van der Waals surface area contributed by atoms with Gasteiger partial charge in [-0.25, -0.2) is 0 Å². The minimum atomic E-state index is -0.00523. The van der Waals surface area contributed by atoms with E-state index in [0.717, 1.165) is 19.3 Å². The molecule has 1 rings (SSSR count). The quantitative estimate of drug-likeness (QED) is 0.713. The van der Waals surface area contributed by atoms with E-state index in [1.54, 1.807) is 0 Å². The van der Waals surface area contributed by atoms with Crippen LogP contribution in [0, 0.1) is 5.92 Å². The third-order valence-corrected chi connectivity index (χ3v) is 2.23. The number of carbonyl (C=O) groups excluding carboxylic acids is 1. The summed E-state index contributed by atoms with van der Waals surface area (Å²) in [6, 6.07) is 0. The molecule has 0 aromatic carbocycles. The molecule has 0 bridgehead atoms. The van der Waals surface area contributed by atoms with Crippen molar-refractivity contribution in [3.8, 4) is 0 Å². The van der Waals surface area contributed by atoms with E-state index in [9.17, 15) is 4.79 Å². The maximum atomic E-state index is 11.6. The van der Waals surface area contributed by atoms with E-state index in [0.29, 0.717) is 18.9 Å². The summed E-state index contributed by atoms with van der Waals surface area (Å²) in [4.78, 5) is 11.6. The van der Waals surface area contributed by atoms with Crippen LogP contribution in [0.2, 0.25) is 0 Å². The number of hydrogen-bond acceptors (Lipinski definition) is 3. The normalized spacial score (nSPS) is 18.8. The molecule has 0 saturated heterocycles. The first-order valence-electron chi connectivity index (χ1n) is 4.83. The first kappa shape index (κ1) is 10.3. The van der Waals surface area contributed by atoms with Gasteiger partial charge in [-0.1, -0.05) is 6.92 Å². The lowest BCUT2D eigenvalue weighted by molar-refractivity contribution is -0.122. The Bertz CT molecular complexity index is 211. The average Bonchev–Trinajstić information content (AvgIpc) is 2.18. The average molecular weight is 183 g/mol. The summed E-state index contributed by atoms with van der Waals surface area (Å²) >= 11 is 0. The van der Waals surface area contributed by atoms with Crippen LogP contribution < -0.4 is 5.73 Å². The second-order valence-corrected chi connectivity index (χ2v) is 3.40. The van der Waals surface area contributed by atoms with Gasteiger partial charge in [-0.15, -0.1) is 0 Å². The van der Waals surface area contributed by atoms with E-state index in [1.165, 1.54) is 0 Å². The fourth-order valence-corrected chi connectivity index (χ4v) is 1.35. The summed E-state index contributed by atoms with van der Waals surface area (Å²) in [6.45, 7) is 3.13. The molecule has 13 heavy (non-hydrogen) atoms. The first-order valence-corrected chi connectivity index (χ1v) is 4.83. The highest BCUT2D eigenvalue weighted by atomic mass is 16.5. The van der Waals surface area contributed by atoms with Crippen LogP contribution in [0.4, 0.5) is 0 Å². The van der Waals surface area contributed by atoms with Gasteiger partial charge in [0.1, 0.15) is 0 Å². The van der Waals surface area contributed by atoms with Crippen molar-refractivity contribution >= 4 is 5.78 Å². The molecule has 1 heterocycles. The molecule has 0 aromatic heterocycles. The molecule has 1 unspecified atom stereocenters. The standard InChI is InChI=1S/C10H17NO2/c1-8(5-6-11)10(12)9-4-2-3-7-13-9/h4,8H,2-3,5-7,11H2,1H3. The summed E-state index contributed by atoms with van der Waals surface area (Å²) < 4.78 is 5.28. The van der Waals surface area contributed by atoms with Gasteiger partial charge >= 0.3 is 0 Å². The maximum Gasteiger partial charge on any atom is 0.199 e. The number of carbonyl (C=O) groups is 1. The van der Waals surface area contributed by atoms with Gasteiger partial charge in [-0.05, 0) is 31.9 Å². The number of Topliss-reactive ketones (excluding diaryl/α,β-unsaturated/α-hetero) is 1. The SMILES string of the molecule is CC(CCN)C(=O)C1=CCCCO1. The van der Waals surface area contributed by atoms with Gasteiger partial charge in [-0.3, -0.25) is 4.79 Å². The molecule has 0 fully saturated rings. The van der Waals surface area contributed by atoms with Gasteiger partial charge < -0.3 is 10.5 Å². The lowest BCUT2D eigenvalue weighted by Crippen LogP contribution is -2.20. The summed E-state index contributed by atoms with van der Waals surface area (Å²) in [5.74, 6) is 0.645. The lowest BCUT2D eigenvalue weighted by atomic mass is 10.00. The monoisotopic (exact) mass is 183 g/mol. The Morgan fingerprint density at radius 1 is 1.77 bits per heavy atom. The minimum Gasteiger partial charge on any atom is -0.490 e. The maximum absolute atomic E-state index is 11.6.